The van der Waals surface area contributed by atoms with E-state index in [1.54, 1.807) is 12.1 Å². The van der Waals surface area contributed by atoms with Crippen molar-refractivity contribution < 1.29 is 9.53 Å². The first-order chi connectivity index (χ1) is 9.62. The van der Waals surface area contributed by atoms with Gasteiger partial charge >= 0.3 is 5.97 Å². The predicted octanol–water partition coefficient (Wildman–Crippen LogP) is 4.19. The Labute approximate surface area is 132 Å². The first kappa shape index (κ1) is 17.0. The molecule has 106 valence electrons. The van der Waals surface area contributed by atoms with Gasteiger partial charge < -0.3 is 4.74 Å². The lowest BCUT2D eigenvalue weighted by Crippen LogP contribution is -2.03. The molecule has 0 saturated heterocycles. The van der Waals surface area contributed by atoms with Gasteiger partial charge in [-0.2, -0.15) is 5.26 Å². The van der Waals surface area contributed by atoms with E-state index in [4.69, 9.17) is 11.6 Å². The van der Waals surface area contributed by atoms with Gasteiger partial charge in [0.05, 0.1) is 17.8 Å². The standard InChI is InChI=1S/C14H14ClNO2S2/c1-3-19-12(8-16)14(20-9-13(17)18-2)10-4-6-11(15)7-5-10/h4-7H,3,9H2,1-2H3/b14-12+. The van der Waals surface area contributed by atoms with Crippen molar-refractivity contribution in [2.75, 3.05) is 18.6 Å². The lowest BCUT2D eigenvalue weighted by Gasteiger charge is -2.09. The predicted molar refractivity (Wildman–Crippen MR) is 86.6 cm³/mol. The maximum Gasteiger partial charge on any atom is 0.315 e. The Morgan fingerprint density at radius 3 is 2.50 bits per heavy atom. The van der Waals surface area contributed by atoms with E-state index in [2.05, 4.69) is 10.8 Å². The SMILES string of the molecule is CCS/C(C#N)=C(/SCC(=O)OC)c1ccc(Cl)cc1. The van der Waals surface area contributed by atoms with Crippen LogP contribution in [0.3, 0.4) is 0 Å². The van der Waals surface area contributed by atoms with Crippen LogP contribution in [0.5, 0.6) is 0 Å². The van der Waals surface area contributed by atoms with E-state index in [0.717, 1.165) is 16.2 Å². The Morgan fingerprint density at radius 1 is 1.35 bits per heavy atom. The van der Waals surface area contributed by atoms with Gasteiger partial charge in [-0.1, -0.05) is 30.7 Å². The third kappa shape index (κ3) is 5.12. The van der Waals surface area contributed by atoms with Crippen molar-refractivity contribution in [2.45, 2.75) is 6.92 Å². The number of methoxy groups -OCH3 is 1. The van der Waals surface area contributed by atoms with E-state index in [1.807, 2.05) is 19.1 Å². The molecule has 1 aromatic rings. The molecule has 0 aromatic heterocycles. The number of carbonyl (C=O) groups is 1. The van der Waals surface area contributed by atoms with Gasteiger partial charge in [-0.05, 0) is 23.4 Å². The van der Waals surface area contributed by atoms with Crippen molar-refractivity contribution in [1.29, 1.82) is 5.26 Å². The monoisotopic (exact) mass is 327 g/mol. The molecule has 0 aliphatic carbocycles. The Kier molecular flexibility index (Phi) is 7.60. The number of ether oxygens (including phenoxy) is 1. The van der Waals surface area contributed by atoms with Gasteiger partial charge in [0.15, 0.2) is 0 Å². The van der Waals surface area contributed by atoms with Crippen LogP contribution in [0.4, 0.5) is 0 Å². The Hall–Kier alpha value is -1.09. The summed E-state index contributed by atoms with van der Waals surface area (Å²) in [6.07, 6.45) is 0. The fourth-order valence-electron chi connectivity index (χ4n) is 1.36. The number of esters is 1. The quantitative estimate of drug-likeness (QED) is 0.579. The molecule has 3 nitrogen and oxygen atoms in total. The lowest BCUT2D eigenvalue weighted by atomic mass is 10.2. The highest BCUT2D eigenvalue weighted by Crippen LogP contribution is 2.36. The molecule has 0 fully saturated rings. The van der Waals surface area contributed by atoms with Crippen molar-refractivity contribution in [1.82, 2.24) is 0 Å². The molecule has 0 heterocycles. The van der Waals surface area contributed by atoms with Crippen molar-refractivity contribution >= 4 is 46.0 Å². The number of halogens is 1. The summed E-state index contributed by atoms with van der Waals surface area (Å²) in [5.74, 6) is 0.642. The number of nitriles is 1. The van der Waals surface area contributed by atoms with Crippen LogP contribution in [0.25, 0.3) is 4.91 Å². The summed E-state index contributed by atoms with van der Waals surface area (Å²) in [5, 5.41) is 9.91. The minimum absolute atomic E-state index is 0.171. The summed E-state index contributed by atoms with van der Waals surface area (Å²) in [6, 6.07) is 9.41. The van der Waals surface area contributed by atoms with E-state index < -0.39 is 0 Å². The zero-order chi connectivity index (χ0) is 15.0. The normalized spacial score (nSPS) is 11.5. The summed E-state index contributed by atoms with van der Waals surface area (Å²) in [7, 11) is 1.35. The summed E-state index contributed by atoms with van der Waals surface area (Å²) in [5.41, 5.74) is 0.876. The highest BCUT2D eigenvalue weighted by molar-refractivity contribution is 8.11. The minimum atomic E-state index is -0.319. The van der Waals surface area contributed by atoms with Crippen molar-refractivity contribution in [2.24, 2.45) is 0 Å². The van der Waals surface area contributed by atoms with E-state index >= 15 is 0 Å². The highest BCUT2D eigenvalue weighted by Gasteiger charge is 2.13. The molecule has 0 N–H and O–H groups in total. The Bertz CT molecular complexity index is 535. The molecular weight excluding hydrogens is 314 g/mol. The maximum atomic E-state index is 11.3. The third-order valence-electron chi connectivity index (χ3n) is 2.26. The summed E-state index contributed by atoms with van der Waals surface area (Å²) >= 11 is 8.63. The highest BCUT2D eigenvalue weighted by atomic mass is 35.5. The van der Waals surface area contributed by atoms with Gasteiger partial charge in [-0.15, -0.1) is 23.5 Å². The maximum absolute atomic E-state index is 11.3. The summed E-state index contributed by atoms with van der Waals surface area (Å²) in [6.45, 7) is 1.98. The van der Waals surface area contributed by atoms with E-state index in [1.165, 1.54) is 30.6 Å². The van der Waals surface area contributed by atoms with E-state index in [-0.39, 0.29) is 11.7 Å². The molecule has 0 unspecified atom stereocenters. The molecule has 0 bridgehead atoms. The molecule has 0 spiro atoms. The number of nitrogens with zero attached hydrogens (tertiary/aromatic N) is 1. The van der Waals surface area contributed by atoms with Crippen LogP contribution in [0.15, 0.2) is 29.2 Å². The first-order valence-electron chi connectivity index (χ1n) is 5.85. The number of benzene rings is 1. The van der Waals surface area contributed by atoms with Crippen molar-refractivity contribution in [3.05, 3.63) is 39.8 Å². The van der Waals surface area contributed by atoms with Gasteiger partial charge in [0.25, 0.3) is 0 Å². The first-order valence-corrected chi connectivity index (χ1v) is 8.20. The molecule has 0 atom stereocenters. The second kappa shape index (κ2) is 8.96. The molecule has 0 radical (unpaired) electrons. The zero-order valence-corrected chi connectivity index (χ0v) is 13.6. The van der Waals surface area contributed by atoms with Crippen molar-refractivity contribution in [3.63, 3.8) is 0 Å². The second-order valence-electron chi connectivity index (χ2n) is 3.57. The van der Waals surface area contributed by atoms with Gasteiger partial charge in [0, 0.05) is 9.93 Å². The van der Waals surface area contributed by atoms with Crippen LogP contribution in [-0.2, 0) is 9.53 Å². The van der Waals surface area contributed by atoms with Gasteiger partial charge in [-0.3, -0.25) is 4.79 Å². The molecular formula is C14H14ClNO2S2. The van der Waals surface area contributed by atoms with Crippen LogP contribution in [-0.4, -0.2) is 24.6 Å². The smallest absolute Gasteiger partial charge is 0.315 e. The molecule has 1 rings (SSSR count). The molecule has 1 aromatic carbocycles. The number of thioether (sulfide) groups is 2. The van der Waals surface area contributed by atoms with Crippen molar-refractivity contribution in [3.8, 4) is 6.07 Å². The Morgan fingerprint density at radius 2 is 2.00 bits per heavy atom. The molecule has 0 amide bonds. The minimum Gasteiger partial charge on any atom is -0.468 e. The van der Waals surface area contributed by atoms with E-state index in [9.17, 15) is 10.1 Å². The zero-order valence-electron chi connectivity index (χ0n) is 11.2. The molecule has 0 aliphatic heterocycles. The van der Waals surface area contributed by atoms with Crippen LogP contribution in [0, 0.1) is 11.3 Å². The van der Waals surface area contributed by atoms with Crippen LogP contribution in [0.2, 0.25) is 5.02 Å². The topological polar surface area (TPSA) is 50.1 Å². The lowest BCUT2D eigenvalue weighted by molar-refractivity contribution is -0.137. The summed E-state index contributed by atoms with van der Waals surface area (Å²) in [4.78, 5) is 12.7. The average Bonchev–Trinajstić information content (AvgIpc) is 2.47. The number of hydrogen-bond donors (Lipinski definition) is 0. The fraction of sp³-hybridized carbons (Fsp3) is 0.286. The molecule has 6 heteroatoms. The number of allylic oxidation sites excluding steroid dienone is 1. The molecule has 20 heavy (non-hydrogen) atoms. The number of hydrogen-bond acceptors (Lipinski definition) is 5. The third-order valence-corrected chi connectivity index (χ3v) is 4.63. The Balaban J connectivity index is 3.10. The molecule has 0 aliphatic rings. The average molecular weight is 328 g/mol. The number of rotatable bonds is 6. The number of carbonyl (C=O) groups excluding carboxylic acids is 1. The fourth-order valence-corrected chi connectivity index (χ4v) is 3.31. The van der Waals surface area contributed by atoms with Gasteiger partial charge in [0.2, 0.25) is 0 Å². The summed E-state index contributed by atoms with van der Waals surface area (Å²) < 4.78 is 4.64. The molecule has 0 saturated carbocycles. The van der Waals surface area contributed by atoms with Crippen LogP contribution >= 0.6 is 35.1 Å². The van der Waals surface area contributed by atoms with Gasteiger partial charge in [0.1, 0.15) is 6.07 Å². The van der Waals surface area contributed by atoms with Gasteiger partial charge in [-0.25, -0.2) is 0 Å². The van der Waals surface area contributed by atoms with Crippen LogP contribution < -0.4 is 0 Å². The largest absolute Gasteiger partial charge is 0.468 e. The second-order valence-corrected chi connectivity index (χ2v) is 6.27. The van der Waals surface area contributed by atoms with E-state index in [0.29, 0.717) is 9.93 Å². The van der Waals surface area contributed by atoms with Crippen LogP contribution in [0.1, 0.15) is 12.5 Å².